The van der Waals surface area contributed by atoms with Crippen molar-refractivity contribution in [2.45, 2.75) is 12.8 Å². The van der Waals surface area contributed by atoms with Crippen molar-refractivity contribution in [1.82, 2.24) is 0 Å². The second kappa shape index (κ2) is 3.99. The third kappa shape index (κ3) is 1.63. The third-order valence-electron chi connectivity index (χ3n) is 2.48. The highest BCUT2D eigenvalue weighted by atomic mass is 15.1. The van der Waals surface area contributed by atoms with Crippen molar-refractivity contribution in [3.8, 4) is 0 Å². The first-order valence-corrected chi connectivity index (χ1v) is 4.70. The highest BCUT2D eigenvalue weighted by Gasteiger charge is 2.11. The lowest BCUT2D eigenvalue weighted by atomic mass is 10.0. The molecule has 0 fully saturated rings. The Kier molecular flexibility index (Phi) is 2.52. The molecule has 1 aromatic carbocycles. The molecule has 14 heavy (non-hydrogen) atoms. The van der Waals surface area contributed by atoms with Crippen LogP contribution in [-0.4, -0.2) is 6.54 Å². The monoisotopic (exact) mass is 185 g/mol. The molecule has 0 heterocycles. The molecular formula is C11H11N3. The summed E-state index contributed by atoms with van der Waals surface area (Å²) in [4.78, 5) is 2.75. The van der Waals surface area contributed by atoms with Crippen LogP contribution in [0.3, 0.4) is 0 Å². The number of allylic oxidation sites excluding steroid dienone is 1. The van der Waals surface area contributed by atoms with E-state index in [1.807, 2.05) is 6.07 Å². The Bertz CT molecular complexity index is 414. The molecule has 0 saturated carbocycles. The van der Waals surface area contributed by atoms with E-state index in [9.17, 15) is 0 Å². The van der Waals surface area contributed by atoms with Crippen LogP contribution in [0.4, 0.5) is 0 Å². The first kappa shape index (κ1) is 8.85. The van der Waals surface area contributed by atoms with Crippen LogP contribution in [0.5, 0.6) is 0 Å². The Labute approximate surface area is 82.7 Å². The van der Waals surface area contributed by atoms with Crippen LogP contribution in [-0.2, 0) is 6.42 Å². The Morgan fingerprint density at radius 2 is 2.21 bits per heavy atom. The van der Waals surface area contributed by atoms with Gasteiger partial charge >= 0.3 is 0 Å². The van der Waals surface area contributed by atoms with Crippen LogP contribution in [0.25, 0.3) is 16.0 Å². The van der Waals surface area contributed by atoms with E-state index in [0.717, 1.165) is 12.8 Å². The van der Waals surface area contributed by atoms with Crippen molar-refractivity contribution in [3.05, 3.63) is 51.9 Å². The topological polar surface area (TPSA) is 48.8 Å². The Morgan fingerprint density at radius 1 is 1.36 bits per heavy atom. The van der Waals surface area contributed by atoms with Gasteiger partial charge in [-0.2, -0.15) is 0 Å². The summed E-state index contributed by atoms with van der Waals surface area (Å²) in [5.41, 5.74) is 12.2. The number of benzene rings is 1. The van der Waals surface area contributed by atoms with Crippen LogP contribution in [0.15, 0.2) is 35.5 Å². The van der Waals surface area contributed by atoms with E-state index in [1.165, 1.54) is 16.7 Å². The Morgan fingerprint density at radius 3 is 3.07 bits per heavy atom. The summed E-state index contributed by atoms with van der Waals surface area (Å²) >= 11 is 0. The van der Waals surface area contributed by atoms with Crippen molar-refractivity contribution >= 4 is 5.57 Å². The predicted molar refractivity (Wildman–Crippen MR) is 56.8 cm³/mol. The average Bonchev–Trinajstić information content (AvgIpc) is 2.63. The van der Waals surface area contributed by atoms with E-state index in [4.69, 9.17) is 5.53 Å². The molecule has 0 saturated heterocycles. The maximum Gasteiger partial charge on any atom is 0.0298 e. The van der Waals surface area contributed by atoms with E-state index in [0.29, 0.717) is 6.54 Å². The minimum absolute atomic E-state index is 0.552. The highest BCUT2D eigenvalue weighted by Crippen LogP contribution is 2.29. The summed E-state index contributed by atoms with van der Waals surface area (Å²) in [5.74, 6) is 0. The van der Waals surface area contributed by atoms with Crippen molar-refractivity contribution < 1.29 is 0 Å². The molecule has 70 valence electrons. The molecule has 1 aliphatic rings. The summed E-state index contributed by atoms with van der Waals surface area (Å²) < 4.78 is 0. The normalized spacial score (nSPS) is 13.0. The molecule has 3 nitrogen and oxygen atoms in total. The fourth-order valence-corrected chi connectivity index (χ4v) is 1.81. The van der Waals surface area contributed by atoms with Gasteiger partial charge in [-0.25, -0.2) is 0 Å². The molecule has 0 aliphatic heterocycles. The summed E-state index contributed by atoms with van der Waals surface area (Å²) in [5, 5.41) is 3.55. The molecule has 0 N–H and O–H groups in total. The van der Waals surface area contributed by atoms with Gasteiger partial charge in [0.1, 0.15) is 0 Å². The maximum absolute atomic E-state index is 8.17. The molecule has 0 atom stereocenters. The maximum atomic E-state index is 8.17. The fourth-order valence-electron chi connectivity index (χ4n) is 1.81. The summed E-state index contributed by atoms with van der Waals surface area (Å²) in [7, 11) is 0. The highest BCUT2D eigenvalue weighted by molar-refractivity contribution is 5.72. The van der Waals surface area contributed by atoms with Gasteiger partial charge < -0.3 is 0 Å². The molecule has 1 aliphatic carbocycles. The van der Waals surface area contributed by atoms with Crippen molar-refractivity contribution in [1.29, 1.82) is 0 Å². The van der Waals surface area contributed by atoms with Crippen LogP contribution in [0.1, 0.15) is 17.5 Å². The van der Waals surface area contributed by atoms with Crippen LogP contribution < -0.4 is 0 Å². The molecule has 1 aromatic rings. The van der Waals surface area contributed by atoms with Gasteiger partial charge in [0.15, 0.2) is 0 Å². The molecule has 0 bridgehead atoms. The van der Waals surface area contributed by atoms with Crippen molar-refractivity contribution in [2.24, 2.45) is 5.11 Å². The van der Waals surface area contributed by atoms with Gasteiger partial charge in [0.2, 0.25) is 0 Å². The Balaban J connectivity index is 2.12. The van der Waals surface area contributed by atoms with E-state index in [1.54, 1.807) is 0 Å². The van der Waals surface area contributed by atoms with Crippen LogP contribution in [0, 0.1) is 0 Å². The number of rotatable bonds is 3. The SMILES string of the molecule is [N-]=[N+]=NCCC1=CCc2ccccc21. The number of azide groups is 1. The second-order valence-corrected chi connectivity index (χ2v) is 3.30. The summed E-state index contributed by atoms with van der Waals surface area (Å²) in [6.45, 7) is 0.552. The van der Waals surface area contributed by atoms with Gasteiger partial charge in [-0.3, -0.25) is 0 Å². The van der Waals surface area contributed by atoms with E-state index >= 15 is 0 Å². The number of hydrogen-bond acceptors (Lipinski definition) is 1. The molecule has 0 spiro atoms. The van der Waals surface area contributed by atoms with Gasteiger partial charge in [-0.15, -0.1) is 0 Å². The first-order valence-electron chi connectivity index (χ1n) is 4.70. The van der Waals surface area contributed by atoms with Gasteiger partial charge in [0, 0.05) is 11.5 Å². The Hall–Kier alpha value is -1.73. The van der Waals surface area contributed by atoms with Crippen LogP contribution >= 0.6 is 0 Å². The predicted octanol–water partition coefficient (Wildman–Crippen LogP) is 3.33. The number of nitrogens with zero attached hydrogens (tertiary/aromatic N) is 3. The fraction of sp³-hybridized carbons (Fsp3) is 0.273. The van der Waals surface area contributed by atoms with Gasteiger partial charge in [0.25, 0.3) is 0 Å². The lowest BCUT2D eigenvalue weighted by Gasteiger charge is -2.02. The zero-order valence-electron chi connectivity index (χ0n) is 7.85. The van der Waals surface area contributed by atoms with Crippen molar-refractivity contribution in [3.63, 3.8) is 0 Å². The molecule has 2 rings (SSSR count). The molecule has 0 amide bonds. The van der Waals surface area contributed by atoms with E-state index in [-0.39, 0.29) is 0 Å². The molecule has 0 aromatic heterocycles. The number of hydrogen-bond donors (Lipinski definition) is 0. The minimum Gasteiger partial charge on any atom is -0.0936 e. The summed E-state index contributed by atoms with van der Waals surface area (Å²) in [6.07, 6.45) is 4.08. The quantitative estimate of drug-likeness (QED) is 0.394. The average molecular weight is 185 g/mol. The smallest absolute Gasteiger partial charge is 0.0298 e. The van der Waals surface area contributed by atoms with Gasteiger partial charge in [0.05, 0.1) is 0 Å². The van der Waals surface area contributed by atoms with E-state index in [2.05, 4.69) is 34.3 Å². The lowest BCUT2D eigenvalue weighted by Crippen LogP contribution is -1.86. The summed E-state index contributed by atoms with van der Waals surface area (Å²) in [6, 6.07) is 8.38. The molecular weight excluding hydrogens is 174 g/mol. The largest absolute Gasteiger partial charge is 0.0936 e. The number of fused-ring (bicyclic) bond motifs is 1. The zero-order chi connectivity index (χ0) is 9.80. The molecule has 0 unspecified atom stereocenters. The third-order valence-corrected chi connectivity index (χ3v) is 2.48. The van der Waals surface area contributed by atoms with Gasteiger partial charge in [-0.05, 0) is 35.1 Å². The second-order valence-electron chi connectivity index (χ2n) is 3.30. The van der Waals surface area contributed by atoms with Crippen LogP contribution in [0.2, 0.25) is 0 Å². The first-order chi connectivity index (χ1) is 6.92. The molecule has 3 heteroatoms. The molecule has 0 radical (unpaired) electrons. The van der Waals surface area contributed by atoms with Crippen molar-refractivity contribution in [2.75, 3.05) is 6.54 Å². The minimum atomic E-state index is 0.552. The standard InChI is InChI=1S/C11H11N3/c12-14-13-8-7-10-6-5-9-3-1-2-4-11(9)10/h1-4,6H,5,7-8H2. The lowest BCUT2D eigenvalue weighted by molar-refractivity contribution is 1.01. The van der Waals surface area contributed by atoms with Gasteiger partial charge in [-0.1, -0.05) is 35.5 Å². The zero-order valence-corrected chi connectivity index (χ0v) is 7.85. The van der Waals surface area contributed by atoms with E-state index < -0.39 is 0 Å².